The monoisotopic (exact) mass is 434 g/mol. The minimum absolute atomic E-state index is 0. The zero-order valence-corrected chi connectivity index (χ0v) is 16.3. The third-order valence-electron chi connectivity index (χ3n) is 3.20. The fourth-order valence-electron chi connectivity index (χ4n) is 1.96. The van der Waals surface area contributed by atoms with Gasteiger partial charge in [0.2, 0.25) is 5.91 Å². The molecule has 7 heteroatoms. The highest BCUT2D eigenvalue weighted by molar-refractivity contribution is 14.0. The van der Waals surface area contributed by atoms with Gasteiger partial charge >= 0.3 is 0 Å². The van der Waals surface area contributed by atoms with Crippen LogP contribution >= 0.6 is 24.0 Å². The fourth-order valence-corrected chi connectivity index (χ4v) is 1.96. The lowest BCUT2D eigenvalue weighted by Crippen LogP contribution is -2.33. The highest BCUT2D eigenvalue weighted by Gasteiger charge is 2.09. The van der Waals surface area contributed by atoms with Crippen LogP contribution in [0, 0.1) is 0 Å². The van der Waals surface area contributed by atoms with E-state index in [1.807, 2.05) is 38.1 Å². The molecule has 1 unspecified atom stereocenters. The molecule has 0 spiro atoms. The summed E-state index contributed by atoms with van der Waals surface area (Å²) in [5.74, 6) is 1.25. The van der Waals surface area contributed by atoms with E-state index in [4.69, 9.17) is 10.5 Å². The third kappa shape index (κ3) is 8.63. The highest BCUT2D eigenvalue weighted by Crippen LogP contribution is 2.17. The van der Waals surface area contributed by atoms with Crippen LogP contribution in [0.4, 0.5) is 0 Å². The molecule has 0 aromatic heterocycles. The standard InChI is InChI=1S/C16H26N4O2.HI/c1-4-22-14-9-7-13(8-10-14)12(2)20-15(21)6-5-11-19-16(17)18-3;/h7-10,12H,4-6,11H2,1-3H3,(H,20,21)(H3,17,18,19);1H. The van der Waals surface area contributed by atoms with Crippen LogP contribution in [0.25, 0.3) is 0 Å². The van der Waals surface area contributed by atoms with Gasteiger partial charge in [-0.05, 0) is 38.0 Å². The Morgan fingerprint density at radius 1 is 1.35 bits per heavy atom. The zero-order chi connectivity index (χ0) is 16.4. The first-order valence-corrected chi connectivity index (χ1v) is 7.55. The summed E-state index contributed by atoms with van der Waals surface area (Å²) in [6, 6.07) is 7.74. The van der Waals surface area contributed by atoms with Crippen molar-refractivity contribution in [3.63, 3.8) is 0 Å². The van der Waals surface area contributed by atoms with Gasteiger partial charge in [-0.25, -0.2) is 0 Å². The van der Waals surface area contributed by atoms with E-state index < -0.39 is 0 Å². The topological polar surface area (TPSA) is 88.7 Å². The first kappa shape index (κ1) is 21.5. The average Bonchev–Trinajstić information content (AvgIpc) is 2.52. The number of carbonyl (C=O) groups excluding carboxylic acids is 1. The van der Waals surface area contributed by atoms with Crippen LogP contribution in [0.3, 0.4) is 0 Å². The molecule has 6 nitrogen and oxygen atoms in total. The lowest BCUT2D eigenvalue weighted by molar-refractivity contribution is -0.121. The Morgan fingerprint density at radius 2 is 2.00 bits per heavy atom. The molecule has 0 saturated heterocycles. The predicted octanol–water partition coefficient (Wildman–Crippen LogP) is 2.19. The van der Waals surface area contributed by atoms with Crippen molar-refractivity contribution in [3.05, 3.63) is 29.8 Å². The number of rotatable bonds is 8. The van der Waals surface area contributed by atoms with Gasteiger partial charge < -0.3 is 21.1 Å². The first-order valence-electron chi connectivity index (χ1n) is 7.55. The third-order valence-corrected chi connectivity index (χ3v) is 3.20. The number of hydrogen-bond acceptors (Lipinski definition) is 3. The number of ether oxygens (including phenoxy) is 1. The van der Waals surface area contributed by atoms with Crippen molar-refractivity contribution in [1.82, 2.24) is 10.6 Å². The number of carbonyl (C=O) groups is 1. The fraction of sp³-hybridized carbons (Fsp3) is 0.500. The maximum atomic E-state index is 11.9. The highest BCUT2D eigenvalue weighted by atomic mass is 127. The van der Waals surface area contributed by atoms with E-state index in [2.05, 4.69) is 15.6 Å². The van der Waals surface area contributed by atoms with Crippen molar-refractivity contribution in [2.45, 2.75) is 32.7 Å². The average molecular weight is 434 g/mol. The summed E-state index contributed by atoms with van der Waals surface area (Å²) < 4.78 is 5.40. The van der Waals surface area contributed by atoms with E-state index in [1.165, 1.54) is 0 Å². The Bertz CT molecular complexity index is 491. The van der Waals surface area contributed by atoms with E-state index >= 15 is 0 Å². The molecule has 0 aliphatic rings. The molecule has 0 heterocycles. The van der Waals surface area contributed by atoms with E-state index in [0.717, 1.165) is 11.3 Å². The van der Waals surface area contributed by atoms with Crippen molar-refractivity contribution in [2.75, 3.05) is 20.2 Å². The molecule has 1 atom stereocenters. The number of aliphatic imine (C=N–C) groups is 1. The van der Waals surface area contributed by atoms with E-state index in [0.29, 0.717) is 32.0 Å². The van der Waals surface area contributed by atoms with Gasteiger partial charge in [0.05, 0.1) is 12.6 Å². The Balaban J connectivity index is 0.00000484. The Labute approximate surface area is 155 Å². The van der Waals surface area contributed by atoms with Crippen molar-refractivity contribution in [1.29, 1.82) is 0 Å². The Morgan fingerprint density at radius 3 is 2.57 bits per heavy atom. The SMILES string of the molecule is CCOc1ccc(C(C)NC(=O)CCCNC(N)=NC)cc1.I. The number of benzene rings is 1. The summed E-state index contributed by atoms with van der Waals surface area (Å²) in [5, 5.41) is 5.91. The molecule has 1 aromatic carbocycles. The summed E-state index contributed by atoms with van der Waals surface area (Å²) in [6.45, 7) is 5.19. The largest absolute Gasteiger partial charge is 0.494 e. The summed E-state index contributed by atoms with van der Waals surface area (Å²) >= 11 is 0. The quantitative estimate of drug-likeness (QED) is 0.253. The zero-order valence-electron chi connectivity index (χ0n) is 14.0. The maximum absolute atomic E-state index is 11.9. The van der Waals surface area contributed by atoms with Crippen LogP contribution < -0.4 is 21.1 Å². The molecule has 4 N–H and O–H groups in total. The minimum Gasteiger partial charge on any atom is -0.494 e. The summed E-state index contributed by atoms with van der Waals surface area (Å²) in [7, 11) is 1.62. The predicted molar refractivity (Wildman–Crippen MR) is 104 cm³/mol. The second kappa shape index (κ2) is 12.0. The van der Waals surface area contributed by atoms with Crippen molar-refractivity contribution in [2.24, 2.45) is 10.7 Å². The summed E-state index contributed by atoms with van der Waals surface area (Å²) in [5.41, 5.74) is 6.56. The molecule has 1 aromatic rings. The van der Waals surface area contributed by atoms with Crippen LogP contribution in [0.1, 0.15) is 38.3 Å². The van der Waals surface area contributed by atoms with Gasteiger partial charge in [0.15, 0.2) is 5.96 Å². The van der Waals surface area contributed by atoms with Gasteiger partial charge in [-0.15, -0.1) is 24.0 Å². The van der Waals surface area contributed by atoms with Crippen LogP contribution in [0.2, 0.25) is 0 Å². The van der Waals surface area contributed by atoms with E-state index in [1.54, 1.807) is 7.05 Å². The van der Waals surface area contributed by atoms with Crippen LogP contribution in [-0.2, 0) is 4.79 Å². The number of guanidine groups is 1. The minimum atomic E-state index is -0.0293. The molecule has 1 rings (SSSR count). The summed E-state index contributed by atoms with van der Waals surface area (Å²) in [6.07, 6.45) is 1.16. The Kier molecular flexibility index (Phi) is 11.2. The maximum Gasteiger partial charge on any atom is 0.220 e. The second-order valence-corrected chi connectivity index (χ2v) is 4.93. The molecule has 0 saturated carbocycles. The van der Waals surface area contributed by atoms with Gasteiger partial charge in [-0.1, -0.05) is 12.1 Å². The lowest BCUT2D eigenvalue weighted by Gasteiger charge is -2.15. The van der Waals surface area contributed by atoms with Crippen LogP contribution in [-0.4, -0.2) is 32.1 Å². The van der Waals surface area contributed by atoms with E-state index in [9.17, 15) is 4.79 Å². The first-order chi connectivity index (χ1) is 10.6. The van der Waals surface area contributed by atoms with Gasteiger partial charge in [0.1, 0.15) is 5.75 Å². The number of amides is 1. The van der Waals surface area contributed by atoms with Gasteiger partial charge in [0, 0.05) is 20.0 Å². The molecule has 23 heavy (non-hydrogen) atoms. The van der Waals surface area contributed by atoms with Gasteiger partial charge in [-0.3, -0.25) is 9.79 Å². The molecule has 130 valence electrons. The summed E-state index contributed by atoms with van der Waals surface area (Å²) in [4.78, 5) is 15.7. The smallest absolute Gasteiger partial charge is 0.220 e. The number of hydrogen-bond donors (Lipinski definition) is 3. The lowest BCUT2D eigenvalue weighted by atomic mass is 10.1. The number of nitrogens with two attached hydrogens (primary N) is 1. The normalized spacial score (nSPS) is 12.0. The number of nitrogens with zero attached hydrogens (tertiary/aromatic N) is 1. The van der Waals surface area contributed by atoms with E-state index in [-0.39, 0.29) is 35.9 Å². The molecule has 0 aliphatic heterocycles. The Hall–Kier alpha value is -1.51. The molecule has 1 amide bonds. The molecule has 0 aliphatic carbocycles. The molecule has 0 fully saturated rings. The second-order valence-electron chi connectivity index (χ2n) is 4.93. The molecular weight excluding hydrogens is 407 g/mol. The van der Waals surface area contributed by atoms with Crippen molar-refractivity contribution >= 4 is 35.8 Å². The molecular formula is C16H27IN4O2. The van der Waals surface area contributed by atoms with Crippen LogP contribution in [0.5, 0.6) is 5.75 Å². The van der Waals surface area contributed by atoms with Gasteiger partial charge in [0.25, 0.3) is 0 Å². The van der Waals surface area contributed by atoms with Crippen molar-refractivity contribution in [3.8, 4) is 5.75 Å². The van der Waals surface area contributed by atoms with Gasteiger partial charge in [-0.2, -0.15) is 0 Å². The molecule has 0 radical (unpaired) electrons. The molecule has 0 bridgehead atoms. The van der Waals surface area contributed by atoms with Crippen molar-refractivity contribution < 1.29 is 9.53 Å². The number of nitrogens with one attached hydrogen (secondary N) is 2. The van der Waals surface area contributed by atoms with Crippen LogP contribution in [0.15, 0.2) is 29.3 Å². The number of halogens is 1.